The van der Waals surface area contributed by atoms with Crippen molar-refractivity contribution in [2.75, 3.05) is 40.9 Å². The molecule has 0 aliphatic rings. The van der Waals surface area contributed by atoms with Crippen LogP contribution in [0, 0.1) is 0 Å². The minimum absolute atomic E-state index is 0.222. The maximum Gasteiger partial charge on any atom is 0.188 e. The van der Waals surface area contributed by atoms with E-state index in [2.05, 4.69) is 30.7 Å². The normalized spacial score (nSPS) is 11.2. The van der Waals surface area contributed by atoms with Gasteiger partial charge in [-0.1, -0.05) is 38.1 Å². The Morgan fingerprint density at radius 3 is 1.54 bits per heavy atom. The molecule has 0 saturated heterocycles. The summed E-state index contributed by atoms with van der Waals surface area (Å²) in [6.07, 6.45) is 0. The van der Waals surface area contributed by atoms with Crippen molar-refractivity contribution < 1.29 is 18.9 Å². The van der Waals surface area contributed by atoms with Crippen LogP contribution in [-0.4, -0.2) is 45.6 Å². The van der Waals surface area contributed by atoms with Crippen LogP contribution in [0.15, 0.2) is 48.5 Å². The molecule has 5 nitrogen and oxygen atoms in total. The Balaban J connectivity index is 2.53. The van der Waals surface area contributed by atoms with E-state index in [1.165, 1.54) is 0 Å². The van der Waals surface area contributed by atoms with Crippen LogP contribution in [-0.2, 0) is 9.47 Å². The summed E-state index contributed by atoms with van der Waals surface area (Å²) >= 11 is 0. The molecule has 0 aliphatic heterocycles. The van der Waals surface area contributed by atoms with Crippen LogP contribution in [0.5, 0.6) is 11.5 Å². The molecule has 0 saturated carbocycles. The molecule has 6 heteroatoms. The largest absolute Gasteiger partial charge is 0.467 e. The number of hydrogen-bond donors (Lipinski definition) is 0. The Morgan fingerprint density at radius 2 is 1.15 bits per heavy atom. The number of para-hydroxylation sites is 2. The van der Waals surface area contributed by atoms with Crippen LogP contribution >= 0.6 is 8.07 Å². The molecule has 0 unspecified atom stereocenters. The summed E-state index contributed by atoms with van der Waals surface area (Å²) in [5.41, 5.74) is 0. The summed E-state index contributed by atoms with van der Waals surface area (Å²) in [6.45, 7) is 6.66. The Morgan fingerprint density at radius 1 is 0.731 bits per heavy atom. The molecule has 2 aromatic rings. The lowest BCUT2D eigenvalue weighted by molar-refractivity contribution is 0.0518. The molecule has 26 heavy (non-hydrogen) atoms. The zero-order valence-corrected chi connectivity index (χ0v) is 16.9. The summed E-state index contributed by atoms with van der Waals surface area (Å²) in [6, 6.07) is 16.3. The highest BCUT2D eigenvalue weighted by Gasteiger charge is 2.26. The van der Waals surface area contributed by atoms with Crippen molar-refractivity contribution in [1.29, 1.82) is 0 Å². The van der Waals surface area contributed by atoms with Gasteiger partial charge in [0, 0.05) is 32.9 Å². The lowest BCUT2D eigenvalue weighted by Crippen LogP contribution is -2.30. The number of nitrogens with zero attached hydrogens (tertiary/aromatic N) is 1. The maximum absolute atomic E-state index is 5.85. The van der Waals surface area contributed by atoms with E-state index in [1.807, 2.05) is 36.4 Å². The predicted octanol–water partition coefficient (Wildman–Crippen LogP) is 3.34. The summed E-state index contributed by atoms with van der Waals surface area (Å²) in [7, 11) is 2.44. The van der Waals surface area contributed by atoms with Crippen molar-refractivity contribution >= 4 is 18.7 Å². The highest BCUT2D eigenvalue weighted by Crippen LogP contribution is 2.43. The molecule has 2 rings (SSSR count). The molecule has 0 aromatic heterocycles. The molecular weight excluding hydrogens is 349 g/mol. The third kappa shape index (κ3) is 5.18. The topological polar surface area (TPSA) is 40.2 Å². The molecule has 0 heterocycles. The van der Waals surface area contributed by atoms with E-state index in [9.17, 15) is 0 Å². The highest BCUT2D eigenvalue weighted by molar-refractivity contribution is 7.71. The molecule has 142 valence electrons. The van der Waals surface area contributed by atoms with Gasteiger partial charge in [0.15, 0.2) is 13.6 Å². The first kappa shape index (κ1) is 20.7. The maximum atomic E-state index is 5.85. The fraction of sp³-hybridized carbons (Fsp3) is 0.400. The van der Waals surface area contributed by atoms with Crippen molar-refractivity contribution in [2.24, 2.45) is 0 Å². The molecule has 0 radical (unpaired) electrons. The van der Waals surface area contributed by atoms with Crippen molar-refractivity contribution in [3.63, 3.8) is 0 Å². The zero-order chi connectivity index (χ0) is 18.8. The Labute approximate surface area is 157 Å². The van der Waals surface area contributed by atoms with Crippen LogP contribution in [0.3, 0.4) is 0 Å². The molecular formula is C20H28NO4P. The second-order valence-electron chi connectivity index (χ2n) is 5.49. The average Bonchev–Trinajstić information content (AvgIpc) is 2.69. The molecule has 0 bridgehead atoms. The monoisotopic (exact) mass is 377 g/mol. The summed E-state index contributed by atoms with van der Waals surface area (Å²) in [5, 5.41) is 2.30. The lowest BCUT2D eigenvalue weighted by atomic mass is 10.3. The Kier molecular flexibility index (Phi) is 8.86. The van der Waals surface area contributed by atoms with Gasteiger partial charge in [0.2, 0.25) is 0 Å². The second-order valence-corrected chi connectivity index (χ2v) is 7.64. The van der Waals surface area contributed by atoms with Crippen molar-refractivity contribution in [2.45, 2.75) is 13.8 Å². The number of rotatable bonds is 11. The quantitative estimate of drug-likeness (QED) is 0.444. The molecule has 0 N–H and O–H groups in total. The molecule has 0 amide bonds. The zero-order valence-electron chi connectivity index (χ0n) is 16.0. The van der Waals surface area contributed by atoms with Crippen molar-refractivity contribution in [1.82, 2.24) is 4.67 Å². The summed E-state index contributed by atoms with van der Waals surface area (Å²) < 4.78 is 24.4. The van der Waals surface area contributed by atoms with E-state index in [4.69, 9.17) is 18.9 Å². The Bertz CT molecular complexity index is 612. The van der Waals surface area contributed by atoms with Gasteiger partial charge in [0.25, 0.3) is 0 Å². The minimum atomic E-state index is -0.817. The van der Waals surface area contributed by atoms with Crippen LogP contribution in [0.2, 0.25) is 0 Å². The highest BCUT2D eigenvalue weighted by atomic mass is 31.1. The van der Waals surface area contributed by atoms with Crippen LogP contribution in [0.1, 0.15) is 13.8 Å². The minimum Gasteiger partial charge on any atom is -0.467 e. The first-order chi connectivity index (χ1) is 12.8. The number of benzene rings is 2. The lowest BCUT2D eigenvalue weighted by Gasteiger charge is -2.32. The van der Waals surface area contributed by atoms with Crippen LogP contribution in [0.25, 0.3) is 0 Å². The Hall–Kier alpha value is -1.65. The van der Waals surface area contributed by atoms with Crippen molar-refractivity contribution in [3.8, 4) is 11.5 Å². The molecule has 0 spiro atoms. The van der Waals surface area contributed by atoms with E-state index < -0.39 is 8.07 Å². The fourth-order valence-electron chi connectivity index (χ4n) is 2.69. The van der Waals surface area contributed by atoms with Gasteiger partial charge in [-0.05, 0) is 37.4 Å². The van der Waals surface area contributed by atoms with Gasteiger partial charge in [0.1, 0.15) is 11.5 Å². The second kappa shape index (κ2) is 11.1. The first-order valence-electron chi connectivity index (χ1n) is 8.73. The van der Waals surface area contributed by atoms with E-state index in [-0.39, 0.29) is 13.6 Å². The van der Waals surface area contributed by atoms with Crippen LogP contribution < -0.4 is 20.1 Å². The smallest absolute Gasteiger partial charge is 0.188 e. The predicted molar refractivity (Wildman–Crippen MR) is 107 cm³/mol. The standard InChI is InChI=1S/C20H28NO4P/c1-5-21(6-2)26(19-13-9-7-11-17(19)24-15-22-3)20-14-10-8-12-18(20)25-16-23-4/h7-14H,5-6,15-16H2,1-4H3. The number of hydrogen-bond acceptors (Lipinski definition) is 5. The van der Waals surface area contributed by atoms with E-state index >= 15 is 0 Å². The third-order valence-corrected chi connectivity index (χ3v) is 6.65. The van der Waals surface area contributed by atoms with Crippen LogP contribution in [0.4, 0.5) is 0 Å². The summed E-state index contributed by atoms with van der Waals surface area (Å²) in [4.78, 5) is 0. The molecule has 0 atom stereocenters. The molecule has 2 aromatic carbocycles. The van der Waals surface area contributed by atoms with Gasteiger partial charge in [0.05, 0.1) is 0 Å². The summed E-state index contributed by atoms with van der Waals surface area (Å²) in [5.74, 6) is 1.68. The van der Waals surface area contributed by atoms with Gasteiger partial charge < -0.3 is 18.9 Å². The van der Waals surface area contributed by atoms with Gasteiger partial charge >= 0.3 is 0 Å². The van der Waals surface area contributed by atoms with Gasteiger partial charge in [-0.3, -0.25) is 4.67 Å². The fourth-order valence-corrected chi connectivity index (χ4v) is 5.28. The third-order valence-electron chi connectivity index (χ3n) is 3.86. The van der Waals surface area contributed by atoms with Gasteiger partial charge in [-0.15, -0.1) is 0 Å². The van der Waals surface area contributed by atoms with E-state index in [0.29, 0.717) is 0 Å². The van der Waals surface area contributed by atoms with Crippen molar-refractivity contribution in [3.05, 3.63) is 48.5 Å². The first-order valence-corrected chi connectivity index (χ1v) is 10.0. The molecule has 0 aliphatic carbocycles. The molecule has 0 fully saturated rings. The number of methoxy groups -OCH3 is 2. The van der Waals surface area contributed by atoms with E-state index in [0.717, 1.165) is 35.2 Å². The average molecular weight is 377 g/mol. The number of ether oxygens (including phenoxy) is 4. The van der Waals surface area contributed by atoms with Gasteiger partial charge in [-0.25, -0.2) is 0 Å². The van der Waals surface area contributed by atoms with Gasteiger partial charge in [-0.2, -0.15) is 0 Å². The van der Waals surface area contributed by atoms with E-state index in [1.54, 1.807) is 14.2 Å². The SMILES string of the molecule is CCN(CC)P(c1ccccc1OCOC)c1ccccc1OCOC.